The van der Waals surface area contributed by atoms with Gasteiger partial charge in [-0.3, -0.25) is 91.5 Å². The minimum absolute atomic E-state index is 0.0171. The molecule has 146 heavy (non-hydrogen) atoms. The lowest BCUT2D eigenvalue weighted by Gasteiger charge is -2.34. The molecule has 0 fully saturated rings. The molecule has 0 aliphatic heterocycles. The monoisotopic (exact) mass is 2080 g/mol. The number of carbonyl (C=O) groups is 17. The number of aliphatic hydroxyl groups excluding tert-OH is 3. The second-order valence-corrected chi connectivity index (χ2v) is 38.0. The summed E-state index contributed by atoms with van der Waals surface area (Å²) in [5.74, 6) is -19.0. The summed E-state index contributed by atoms with van der Waals surface area (Å²) < 4.78 is 34.6. The normalized spacial score (nSPS) is 14.2. The molecule has 5 aromatic rings. The number of nitrogens with zero attached hydrogens (tertiary/aromatic N) is 4. The summed E-state index contributed by atoms with van der Waals surface area (Å²) in [6, 6.07) is 9.30. The lowest BCUT2D eigenvalue weighted by molar-refractivity contribution is -0.144. The highest BCUT2D eigenvalue weighted by Crippen LogP contribution is 2.30. The Bertz CT molecular complexity index is 5400. The summed E-state index contributed by atoms with van der Waals surface area (Å²) in [5.41, 5.74) is 31.4. The number of benzene rings is 5. The van der Waals surface area contributed by atoms with Crippen molar-refractivity contribution in [1.29, 1.82) is 5.41 Å². The van der Waals surface area contributed by atoms with Crippen LogP contribution in [0.15, 0.2) is 130 Å². The molecule has 16 amide bonds. The van der Waals surface area contributed by atoms with Crippen molar-refractivity contribution < 1.29 is 115 Å². The highest BCUT2D eigenvalue weighted by atomic mass is 32.2. The largest absolute Gasteiger partial charge is 0.481 e. The number of amides is 16. The number of fused-ring (bicyclic) bond motifs is 1. The number of guanidine groups is 1. The number of nitrogens with one attached hydrogen (secondary N) is 16. The SMILES string of the molecule is CSCC[C@H](NC(=O)[C@H](CCCCN)NC(=O)[C@H](CCCNC(=N)N)NC(=O)[C@H](Cc1ccccc1)NC(=O)CNC(=O)[C@H](CO)NC(=O)[C@H](CCC(N)=O)NC(=O)[C@H](CC(C)C)NC(=O)[C@@H](NC(=O)[C@H](C)NC(=O)[C@H](CO)NC(=O)[C@@H](NC(=O)[C@H](CCCCN)NC(=O)c1ccc(N=Nc2ccc(N(C)C)cc2)cc1)[C@@H](C)O)C(C)C)C(=O)N(CCNc1cccc2c(S(=O)(=O)O)cccc12)[C@@H](CCC(=O)O)C(N)=O. The number of hydrogen-bond donors (Lipinski definition) is 26. The van der Waals surface area contributed by atoms with E-state index in [-0.39, 0.29) is 107 Å². The first-order valence-electron chi connectivity index (χ1n) is 47.6. The molecule has 0 saturated carbocycles. The number of carboxylic acids is 1. The zero-order chi connectivity index (χ0) is 109. The number of anilines is 2. The van der Waals surface area contributed by atoms with Crippen LogP contribution in [0.25, 0.3) is 10.8 Å². The summed E-state index contributed by atoms with van der Waals surface area (Å²) in [7, 11) is -0.896. The van der Waals surface area contributed by atoms with Crippen LogP contribution in [0.3, 0.4) is 0 Å². The first-order valence-corrected chi connectivity index (χ1v) is 50.4. The molecule has 5 rings (SSSR count). The smallest absolute Gasteiger partial charge is 0.303 e. The maximum absolute atomic E-state index is 15.1. The van der Waals surface area contributed by atoms with E-state index >= 15 is 4.79 Å². The van der Waals surface area contributed by atoms with Crippen molar-refractivity contribution in [3.8, 4) is 0 Å². The molecule has 0 radical (unpaired) electrons. The fourth-order valence-corrected chi connectivity index (χ4v) is 16.1. The van der Waals surface area contributed by atoms with Crippen LogP contribution in [0.4, 0.5) is 22.7 Å². The number of nitrogens with two attached hydrogens (primary N) is 5. The number of rotatable bonds is 66. The predicted molar refractivity (Wildman–Crippen MR) is 543 cm³/mol. The van der Waals surface area contributed by atoms with Crippen LogP contribution in [-0.2, 0) is 93.3 Å². The van der Waals surface area contributed by atoms with Gasteiger partial charge in [0, 0.05) is 80.7 Å². The molecule has 0 aliphatic rings. The minimum Gasteiger partial charge on any atom is -0.481 e. The molecule has 51 heteroatoms. The summed E-state index contributed by atoms with van der Waals surface area (Å²) in [6.07, 6.45) is -1.67. The Hall–Kier alpha value is -14.1. The van der Waals surface area contributed by atoms with Gasteiger partial charge in [0.2, 0.25) is 88.6 Å². The summed E-state index contributed by atoms with van der Waals surface area (Å²) in [5, 5.41) is 96.2. The second-order valence-electron chi connectivity index (χ2n) is 35.6. The van der Waals surface area contributed by atoms with Crippen LogP contribution in [0.5, 0.6) is 0 Å². The van der Waals surface area contributed by atoms with Crippen molar-refractivity contribution in [3.05, 3.63) is 126 Å². The molecule has 0 saturated heterocycles. The van der Waals surface area contributed by atoms with Crippen LogP contribution in [0.2, 0.25) is 0 Å². The number of carboxylic acid groups (broad SMARTS) is 1. The Labute approximate surface area is 850 Å². The Balaban J connectivity index is 1.28. The van der Waals surface area contributed by atoms with Gasteiger partial charge in [0.25, 0.3) is 16.0 Å². The average Bonchev–Trinajstić information content (AvgIpc) is 0.781. The van der Waals surface area contributed by atoms with E-state index in [9.17, 15) is 110 Å². The van der Waals surface area contributed by atoms with Gasteiger partial charge >= 0.3 is 5.97 Å². The van der Waals surface area contributed by atoms with E-state index in [4.69, 9.17) is 34.1 Å². The van der Waals surface area contributed by atoms with Crippen LogP contribution >= 0.6 is 11.8 Å². The number of aliphatic carboxylic acids is 1. The van der Waals surface area contributed by atoms with Crippen LogP contribution in [0.1, 0.15) is 147 Å². The zero-order valence-electron chi connectivity index (χ0n) is 83.2. The van der Waals surface area contributed by atoms with Gasteiger partial charge in [-0.25, -0.2) is 0 Å². The topological polar surface area (TPSA) is 791 Å². The van der Waals surface area contributed by atoms with E-state index in [0.29, 0.717) is 47.3 Å². The number of azo groups is 1. The standard InChI is InChI=1S/C95H141N25O24S2/c1-53(2)48-70(112-92(139)79(54(3)4)115-82(129)55(5)105-91(138)73(52-122)114-93(140)80(56(6)123)116-88(135)66(25-14-16-43-97)107-83(130)58-29-31-59(32-30-58)117-118-60-33-35-61(36-34-60)119(7)8)89(136)110-68(37-39-76(98)124)87(134)113-72(51-121)84(131)104-50-77(125)106-71(49-57-20-11-10-12-21-57)90(137)109-67(27-19-44-103-95(100)101)85(132)108-65(24-13-15-42-96)86(133)111-69(41-47-145-9)94(141)120(74(81(99)128)38-40-78(126)127)46-45-102-64-26-17-23-63-62(64)22-18-28-75(63)146(142,143)144/h10-12,17-18,20-23,26,28-36,53-56,65-74,79-80,102,121-123H,13-16,19,24-25,27,37-52,96-97H2,1-9H3,(H2,98,124)(H2,99,128)(H,104,131)(H,105,138)(H,106,125)(H,107,130)(H,108,132)(H,109,137)(H,110,136)(H,111,133)(H,112,139)(H,113,134)(H,114,140)(H,115,129)(H,116,135)(H,126,127)(H4,100,101,103)(H,142,143,144)/t55-,56+,65-,66-,67-,68-,69-,70-,71-,72-,73-,74-,79-,80-/m0/s1. The molecule has 31 N–H and O–H groups in total. The van der Waals surface area contributed by atoms with Gasteiger partial charge in [-0.1, -0.05) is 82.3 Å². The first kappa shape index (κ1) is 122. The number of thioether (sulfide) groups is 1. The quantitative estimate of drug-likeness (QED) is 0.00637. The molecule has 0 aliphatic carbocycles. The lowest BCUT2D eigenvalue weighted by atomic mass is 9.99. The molecular formula is C95H141N25O24S2. The molecule has 5 aromatic carbocycles. The number of carbonyl (C=O) groups excluding carboxylic acids is 16. The average molecular weight is 2080 g/mol. The van der Waals surface area contributed by atoms with Crippen molar-refractivity contribution in [2.45, 2.75) is 227 Å². The van der Waals surface area contributed by atoms with E-state index in [2.05, 4.69) is 90.0 Å². The summed E-state index contributed by atoms with van der Waals surface area (Å²) >= 11 is 1.27. The van der Waals surface area contributed by atoms with E-state index in [1.165, 1.54) is 68.9 Å². The highest BCUT2D eigenvalue weighted by Gasteiger charge is 2.40. The van der Waals surface area contributed by atoms with Gasteiger partial charge in [-0.15, -0.1) is 0 Å². The van der Waals surface area contributed by atoms with Gasteiger partial charge in [-0.2, -0.15) is 30.4 Å². The number of aliphatic hydroxyl groups is 3. The van der Waals surface area contributed by atoms with Crippen molar-refractivity contribution in [1.82, 2.24) is 79.3 Å². The van der Waals surface area contributed by atoms with Crippen molar-refractivity contribution in [2.75, 3.05) is 88.8 Å². The van der Waals surface area contributed by atoms with Crippen LogP contribution < -0.4 is 113 Å². The molecule has 0 bridgehead atoms. The maximum Gasteiger partial charge on any atom is 0.303 e. The van der Waals surface area contributed by atoms with E-state index < -0.39 is 257 Å². The molecule has 0 heterocycles. The Morgan fingerprint density at radius 2 is 0.973 bits per heavy atom. The summed E-state index contributed by atoms with van der Waals surface area (Å²) in [4.78, 5) is 240. The minimum atomic E-state index is -4.69. The number of unbranched alkanes of at least 4 members (excludes halogenated alkanes) is 2. The van der Waals surface area contributed by atoms with Gasteiger partial charge < -0.3 is 139 Å². The highest BCUT2D eigenvalue weighted by molar-refractivity contribution is 7.98. The van der Waals surface area contributed by atoms with Crippen LogP contribution in [0, 0.1) is 17.2 Å². The molecule has 0 unspecified atom stereocenters. The van der Waals surface area contributed by atoms with Gasteiger partial charge in [0.15, 0.2) is 5.96 Å². The number of primary amides is 2. The van der Waals surface area contributed by atoms with E-state index in [1.807, 2.05) is 31.1 Å². The molecule has 49 nitrogen and oxygen atoms in total. The molecule has 14 atom stereocenters. The van der Waals surface area contributed by atoms with E-state index in [0.717, 1.165) is 17.5 Å². The lowest BCUT2D eigenvalue weighted by Crippen LogP contribution is -2.62. The molecular weight excluding hydrogens is 1940 g/mol. The van der Waals surface area contributed by atoms with Crippen LogP contribution in [-0.4, -0.2) is 308 Å². The van der Waals surface area contributed by atoms with Crippen molar-refractivity contribution >= 4 is 162 Å². The third kappa shape index (κ3) is 41.9. The maximum atomic E-state index is 15.1. The predicted octanol–water partition coefficient (Wildman–Crippen LogP) is -2.36. The third-order valence-electron chi connectivity index (χ3n) is 22.9. The molecule has 0 spiro atoms. The van der Waals surface area contributed by atoms with E-state index in [1.54, 1.807) is 86.8 Å². The first-order chi connectivity index (χ1) is 69.1. The Morgan fingerprint density at radius 3 is 1.50 bits per heavy atom. The van der Waals surface area contributed by atoms with Crippen molar-refractivity contribution in [2.24, 2.45) is 50.7 Å². The second kappa shape index (κ2) is 62.5. The zero-order valence-corrected chi connectivity index (χ0v) is 84.8. The van der Waals surface area contributed by atoms with Gasteiger partial charge in [0.1, 0.15) is 83.4 Å². The fraction of sp³-hybridized carbons (Fsp3) is 0.516. The van der Waals surface area contributed by atoms with Gasteiger partial charge in [-0.05, 0) is 194 Å². The molecule has 802 valence electrons. The summed E-state index contributed by atoms with van der Waals surface area (Å²) in [6.45, 7) is 5.33. The fourth-order valence-electron chi connectivity index (χ4n) is 14.9. The molecule has 0 aromatic heterocycles. The number of hydrogen-bond acceptors (Lipinski definition) is 30. The van der Waals surface area contributed by atoms with Crippen molar-refractivity contribution in [3.63, 3.8) is 0 Å². The third-order valence-corrected chi connectivity index (χ3v) is 24.5. The van der Waals surface area contributed by atoms with Gasteiger partial charge in [0.05, 0.1) is 37.2 Å². The Morgan fingerprint density at radius 1 is 0.479 bits per heavy atom. The Kier molecular flexibility index (Phi) is 52.4.